The minimum absolute atomic E-state index is 0.0138. The number of nitrogens with zero attached hydrogens (tertiary/aromatic N) is 1. The van der Waals surface area contributed by atoms with Gasteiger partial charge < -0.3 is 15.0 Å². The molecule has 0 atom stereocenters. The zero-order valence-electron chi connectivity index (χ0n) is 13.0. The summed E-state index contributed by atoms with van der Waals surface area (Å²) in [4.78, 5) is 24.9. The summed E-state index contributed by atoms with van der Waals surface area (Å²) in [5.41, 5.74) is 0. The molecule has 0 radical (unpaired) electrons. The van der Waals surface area contributed by atoms with Crippen LogP contribution in [0.25, 0.3) is 0 Å². The molecule has 0 bridgehead atoms. The van der Waals surface area contributed by atoms with Gasteiger partial charge in [0.25, 0.3) is 0 Å². The predicted molar refractivity (Wildman–Crippen MR) is 78.4 cm³/mol. The molecule has 1 N–H and O–H groups in total. The molecule has 0 saturated carbocycles. The number of carbonyl (C=O) groups is 2. The van der Waals surface area contributed by atoms with E-state index in [4.69, 9.17) is 4.74 Å². The van der Waals surface area contributed by atoms with Gasteiger partial charge in [-0.25, -0.2) is 0 Å². The van der Waals surface area contributed by atoms with Crippen LogP contribution in [-0.2, 0) is 14.3 Å². The van der Waals surface area contributed by atoms with E-state index in [2.05, 4.69) is 5.32 Å². The van der Waals surface area contributed by atoms with Crippen molar-refractivity contribution in [3.8, 4) is 0 Å². The molecule has 1 rings (SSSR count). The number of piperidine rings is 1. The summed E-state index contributed by atoms with van der Waals surface area (Å²) in [6.45, 7) is 7.82. The molecular formula is C15H28N2O3. The monoisotopic (exact) mass is 284 g/mol. The van der Waals surface area contributed by atoms with Gasteiger partial charge in [-0.1, -0.05) is 0 Å². The normalized spacial score (nSPS) is 16.5. The van der Waals surface area contributed by atoms with Gasteiger partial charge >= 0.3 is 0 Å². The molecule has 2 amide bonds. The van der Waals surface area contributed by atoms with Crippen molar-refractivity contribution in [2.24, 2.45) is 0 Å². The zero-order chi connectivity index (χ0) is 15.0. The molecule has 1 aliphatic rings. The van der Waals surface area contributed by atoms with Gasteiger partial charge in [0.05, 0.1) is 6.10 Å². The van der Waals surface area contributed by atoms with Crippen LogP contribution in [0.2, 0.25) is 0 Å². The molecule has 1 aliphatic heterocycles. The molecule has 0 aliphatic carbocycles. The van der Waals surface area contributed by atoms with Gasteiger partial charge in [-0.3, -0.25) is 9.59 Å². The lowest BCUT2D eigenvalue weighted by Crippen LogP contribution is -2.46. The average molecular weight is 284 g/mol. The number of ether oxygens (including phenoxy) is 1. The highest BCUT2D eigenvalue weighted by molar-refractivity contribution is 5.76. The standard InChI is InChI=1S/C15H28N2O3/c1-12(2)20-11-5-4-6-15(19)17-9-7-14(8-10-17)16-13(3)18/h12,14H,4-11H2,1-3H3,(H,16,18). The predicted octanol–water partition coefficient (Wildman–Crippen LogP) is 1.71. The Labute approximate surface area is 122 Å². The van der Waals surface area contributed by atoms with Crippen LogP contribution in [0, 0.1) is 0 Å². The molecule has 5 heteroatoms. The second-order valence-electron chi connectivity index (χ2n) is 5.73. The molecule has 1 saturated heterocycles. The maximum atomic E-state index is 12.0. The van der Waals surface area contributed by atoms with Gasteiger partial charge in [0.15, 0.2) is 0 Å². The third kappa shape index (κ3) is 6.89. The Bertz CT molecular complexity index is 310. The molecule has 1 heterocycles. The van der Waals surface area contributed by atoms with Crippen molar-refractivity contribution in [2.45, 2.75) is 65.0 Å². The van der Waals surface area contributed by atoms with Crippen molar-refractivity contribution >= 4 is 11.8 Å². The van der Waals surface area contributed by atoms with Crippen LogP contribution in [0.15, 0.2) is 0 Å². The topological polar surface area (TPSA) is 58.6 Å². The maximum Gasteiger partial charge on any atom is 0.222 e. The van der Waals surface area contributed by atoms with Crippen LogP contribution in [0.1, 0.15) is 52.9 Å². The number of rotatable bonds is 7. The number of hydrogen-bond donors (Lipinski definition) is 1. The molecule has 0 unspecified atom stereocenters. The molecule has 0 aromatic rings. The van der Waals surface area contributed by atoms with E-state index in [1.165, 1.54) is 6.92 Å². The van der Waals surface area contributed by atoms with Crippen LogP contribution in [0.5, 0.6) is 0 Å². The smallest absolute Gasteiger partial charge is 0.222 e. The van der Waals surface area contributed by atoms with Crippen LogP contribution in [-0.4, -0.2) is 48.6 Å². The molecular weight excluding hydrogens is 256 g/mol. The Morgan fingerprint density at radius 2 is 1.90 bits per heavy atom. The lowest BCUT2D eigenvalue weighted by atomic mass is 10.0. The van der Waals surface area contributed by atoms with E-state index in [9.17, 15) is 9.59 Å². The summed E-state index contributed by atoms with van der Waals surface area (Å²) in [5.74, 6) is 0.246. The maximum absolute atomic E-state index is 12.0. The summed E-state index contributed by atoms with van der Waals surface area (Å²) >= 11 is 0. The van der Waals surface area contributed by atoms with Gasteiger partial charge in [-0.05, 0) is 39.5 Å². The number of amides is 2. The third-order valence-corrected chi connectivity index (χ3v) is 3.49. The fourth-order valence-corrected chi connectivity index (χ4v) is 2.42. The van der Waals surface area contributed by atoms with Crippen LogP contribution >= 0.6 is 0 Å². The summed E-state index contributed by atoms with van der Waals surface area (Å²) in [5, 5.41) is 2.92. The van der Waals surface area contributed by atoms with Gasteiger partial charge in [-0.15, -0.1) is 0 Å². The fourth-order valence-electron chi connectivity index (χ4n) is 2.42. The molecule has 0 aromatic heterocycles. The van der Waals surface area contributed by atoms with E-state index < -0.39 is 0 Å². The first-order valence-corrected chi connectivity index (χ1v) is 7.65. The minimum Gasteiger partial charge on any atom is -0.379 e. The molecule has 5 nitrogen and oxygen atoms in total. The highest BCUT2D eigenvalue weighted by Crippen LogP contribution is 2.12. The van der Waals surface area contributed by atoms with Crippen molar-refractivity contribution in [3.05, 3.63) is 0 Å². The van der Waals surface area contributed by atoms with Crippen molar-refractivity contribution < 1.29 is 14.3 Å². The lowest BCUT2D eigenvalue weighted by Gasteiger charge is -2.32. The number of carbonyl (C=O) groups excluding carboxylic acids is 2. The van der Waals surface area contributed by atoms with Gasteiger partial charge in [0.2, 0.25) is 11.8 Å². The fraction of sp³-hybridized carbons (Fsp3) is 0.867. The second kappa shape index (κ2) is 8.95. The van der Waals surface area contributed by atoms with Crippen LogP contribution in [0.3, 0.4) is 0 Å². The summed E-state index contributed by atoms with van der Waals surface area (Å²) in [6.07, 6.45) is 4.41. The summed E-state index contributed by atoms with van der Waals surface area (Å²) in [7, 11) is 0. The van der Waals surface area contributed by atoms with E-state index in [1.54, 1.807) is 0 Å². The van der Waals surface area contributed by atoms with Crippen molar-refractivity contribution in [2.75, 3.05) is 19.7 Å². The minimum atomic E-state index is 0.0138. The van der Waals surface area contributed by atoms with Crippen LogP contribution < -0.4 is 5.32 Å². The third-order valence-electron chi connectivity index (χ3n) is 3.49. The SMILES string of the molecule is CC(=O)NC1CCN(C(=O)CCCCOC(C)C)CC1. The highest BCUT2D eigenvalue weighted by Gasteiger charge is 2.22. The molecule has 0 spiro atoms. The Hall–Kier alpha value is -1.10. The van der Waals surface area contributed by atoms with Crippen molar-refractivity contribution in [3.63, 3.8) is 0 Å². The number of unbranched alkanes of at least 4 members (excludes halogenated alkanes) is 1. The molecule has 116 valence electrons. The number of likely N-dealkylation sites (tertiary alicyclic amines) is 1. The quantitative estimate of drug-likeness (QED) is 0.724. The van der Waals surface area contributed by atoms with Gasteiger partial charge in [0, 0.05) is 39.1 Å². The molecule has 0 aromatic carbocycles. The average Bonchev–Trinajstić information content (AvgIpc) is 2.38. The van der Waals surface area contributed by atoms with E-state index in [0.717, 1.165) is 45.4 Å². The van der Waals surface area contributed by atoms with E-state index in [0.29, 0.717) is 6.42 Å². The Morgan fingerprint density at radius 1 is 1.25 bits per heavy atom. The lowest BCUT2D eigenvalue weighted by molar-refractivity contribution is -0.132. The first kappa shape index (κ1) is 17.0. The van der Waals surface area contributed by atoms with Gasteiger partial charge in [0.1, 0.15) is 0 Å². The molecule has 20 heavy (non-hydrogen) atoms. The summed E-state index contributed by atoms with van der Waals surface area (Å²) in [6, 6.07) is 0.232. The van der Waals surface area contributed by atoms with Crippen molar-refractivity contribution in [1.82, 2.24) is 10.2 Å². The van der Waals surface area contributed by atoms with E-state index in [-0.39, 0.29) is 24.0 Å². The Morgan fingerprint density at radius 3 is 2.45 bits per heavy atom. The number of nitrogens with one attached hydrogen (secondary N) is 1. The first-order valence-electron chi connectivity index (χ1n) is 7.65. The second-order valence-corrected chi connectivity index (χ2v) is 5.73. The van der Waals surface area contributed by atoms with E-state index in [1.807, 2.05) is 18.7 Å². The number of hydrogen-bond acceptors (Lipinski definition) is 3. The molecule has 1 fully saturated rings. The first-order chi connectivity index (χ1) is 9.49. The van der Waals surface area contributed by atoms with E-state index >= 15 is 0 Å². The largest absolute Gasteiger partial charge is 0.379 e. The Kier molecular flexibility index (Phi) is 7.59. The summed E-state index contributed by atoms with van der Waals surface area (Å²) < 4.78 is 5.46. The van der Waals surface area contributed by atoms with Gasteiger partial charge in [-0.2, -0.15) is 0 Å². The highest BCUT2D eigenvalue weighted by atomic mass is 16.5. The zero-order valence-corrected chi connectivity index (χ0v) is 13.0. The van der Waals surface area contributed by atoms with Crippen molar-refractivity contribution in [1.29, 1.82) is 0 Å². The Balaban J connectivity index is 2.11. The van der Waals surface area contributed by atoms with Crippen LogP contribution in [0.4, 0.5) is 0 Å².